The minimum absolute atomic E-state index is 0.0190. The van der Waals surface area contributed by atoms with Gasteiger partial charge in [0.1, 0.15) is 0 Å². The van der Waals surface area contributed by atoms with Gasteiger partial charge in [0.05, 0.1) is 16.3 Å². The molecular weight excluding hydrogens is 317 g/mol. The minimum Gasteiger partial charge on any atom is -0.358 e. The van der Waals surface area contributed by atoms with Gasteiger partial charge >= 0.3 is 6.18 Å². The largest absolute Gasteiger partial charge is 0.417 e. The highest BCUT2D eigenvalue weighted by Gasteiger charge is 2.32. The molecule has 0 aliphatic rings. The summed E-state index contributed by atoms with van der Waals surface area (Å²) in [7, 11) is 1.46. The molecule has 0 bridgehead atoms. The van der Waals surface area contributed by atoms with Crippen molar-refractivity contribution < 1.29 is 18.0 Å². The SMILES string of the molecule is CNC(=O)CSc1nnc2c(Cl)cc(C(F)(F)F)cn12. The summed E-state index contributed by atoms with van der Waals surface area (Å²) in [5.74, 6) is -0.254. The Labute approximate surface area is 120 Å². The Morgan fingerprint density at radius 3 is 2.80 bits per heavy atom. The molecule has 20 heavy (non-hydrogen) atoms. The number of hydrogen-bond acceptors (Lipinski definition) is 4. The summed E-state index contributed by atoms with van der Waals surface area (Å²) >= 11 is 6.73. The Morgan fingerprint density at radius 1 is 1.50 bits per heavy atom. The lowest BCUT2D eigenvalue weighted by atomic mass is 10.3. The van der Waals surface area contributed by atoms with Crippen LogP contribution >= 0.6 is 23.4 Å². The predicted molar refractivity (Wildman–Crippen MR) is 67.8 cm³/mol. The molecule has 1 N–H and O–H groups in total. The lowest BCUT2D eigenvalue weighted by Crippen LogP contribution is -2.19. The van der Waals surface area contributed by atoms with E-state index in [0.29, 0.717) is 0 Å². The van der Waals surface area contributed by atoms with E-state index >= 15 is 0 Å². The number of alkyl halides is 3. The van der Waals surface area contributed by atoms with E-state index in [1.807, 2.05) is 0 Å². The van der Waals surface area contributed by atoms with Crippen LogP contribution in [0.25, 0.3) is 5.65 Å². The van der Waals surface area contributed by atoms with E-state index < -0.39 is 11.7 Å². The molecule has 0 spiro atoms. The van der Waals surface area contributed by atoms with Gasteiger partial charge < -0.3 is 5.32 Å². The fourth-order valence-electron chi connectivity index (χ4n) is 1.39. The molecule has 0 fully saturated rings. The number of fused-ring (bicyclic) bond motifs is 1. The van der Waals surface area contributed by atoms with Gasteiger partial charge in [-0.3, -0.25) is 9.20 Å². The van der Waals surface area contributed by atoms with Crippen LogP contribution in [0.4, 0.5) is 13.2 Å². The number of rotatable bonds is 3. The van der Waals surface area contributed by atoms with Gasteiger partial charge in [-0.25, -0.2) is 0 Å². The van der Waals surface area contributed by atoms with Crippen molar-refractivity contribution in [3.8, 4) is 0 Å². The Bertz CT molecular complexity index is 658. The predicted octanol–water partition coefficient (Wildman–Crippen LogP) is 2.24. The van der Waals surface area contributed by atoms with E-state index in [4.69, 9.17) is 11.6 Å². The molecule has 2 rings (SSSR count). The first kappa shape index (κ1) is 14.9. The summed E-state index contributed by atoms with van der Waals surface area (Å²) in [5.41, 5.74) is -0.796. The van der Waals surface area contributed by atoms with Crippen LogP contribution < -0.4 is 5.32 Å². The number of halogens is 4. The van der Waals surface area contributed by atoms with Crippen LogP contribution in [0.5, 0.6) is 0 Å². The van der Waals surface area contributed by atoms with Gasteiger partial charge in [-0.1, -0.05) is 23.4 Å². The van der Waals surface area contributed by atoms with Crippen molar-refractivity contribution in [3.05, 3.63) is 22.8 Å². The number of thioether (sulfide) groups is 1. The average molecular weight is 325 g/mol. The van der Waals surface area contributed by atoms with Crippen molar-refractivity contribution in [1.82, 2.24) is 19.9 Å². The van der Waals surface area contributed by atoms with Crippen molar-refractivity contribution in [3.63, 3.8) is 0 Å². The normalized spacial score (nSPS) is 11.8. The third kappa shape index (κ3) is 2.98. The quantitative estimate of drug-likeness (QED) is 0.880. The maximum atomic E-state index is 12.7. The minimum atomic E-state index is -4.52. The van der Waals surface area contributed by atoms with Crippen LogP contribution in [0.1, 0.15) is 5.56 Å². The Kier molecular flexibility index (Phi) is 4.09. The Balaban J connectivity index is 2.42. The zero-order valence-corrected chi connectivity index (χ0v) is 11.6. The molecule has 0 aliphatic carbocycles. The standard InChI is InChI=1S/C10H8ClF3N4OS/c1-15-7(19)4-20-9-17-16-8-6(11)2-5(3-18(8)9)10(12,13)14/h2-3H,4H2,1H3,(H,15,19). The number of amides is 1. The zero-order valence-electron chi connectivity index (χ0n) is 10.0. The van der Waals surface area contributed by atoms with Gasteiger partial charge in [0, 0.05) is 13.2 Å². The Hall–Kier alpha value is -1.48. The fraction of sp³-hybridized carbons (Fsp3) is 0.300. The summed E-state index contributed by atoms with van der Waals surface area (Å²) < 4.78 is 39.3. The number of carbonyl (C=O) groups excluding carboxylic acids is 1. The highest BCUT2D eigenvalue weighted by Crippen LogP contribution is 2.33. The van der Waals surface area contributed by atoms with Crippen LogP contribution in [0.15, 0.2) is 17.4 Å². The van der Waals surface area contributed by atoms with Crippen LogP contribution in [-0.2, 0) is 11.0 Å². The molecule has 0 aliphatic heterocycles. The number of pyridine rings is 1. The molecular formula is C10H8ClF3N4OS. The lowest BCUT2D eigenvalue weighted by molar-refractivity contribution is -0.137. The van der Waals surface area contributed by atoms with Crippen molar-refractivity contribution in [2.75, 3.05) is 12.8 Å². The molecule has 0 radical (unpaired) electrons. The van der Waals surface area contributed by atoms with Gasteiger partial charge in [0.25, 0.3) is 0 Å². The van der Waals surface area contributed by atoms with Gasteiger partial charge in [0.15, 0.2) is 10.8 Å². The second-order valence-electron chi connectivity index (χ2n) is 3.71. The van der Waals surface area contributed by atoms with E-state index in [-0.39, 0.29) is 27.5 Å². The molecule has 5 nitrogen and oxygen atoms in total. The van der Waals surface area contributed by atoms with E-state index in [1.165, 1.54) is 7.05 Å². The molecule has 2 aromatic heterocycles. The fourth-order valence-corrected chi connectivity index (χ4v) is 2.42. The molecule has 2 aromatic rings. The molecule has 0 aromatic carbocycles. The van der Waals surface area contributed by atoms with Crippen molar-refractivity contribution in [2.24, 2.45) is 0 Å². The first-order valence-corrected chi connectivity index (χ1v) is 6.64. The van der Waals surface area contributed by atoms with Crippen molar-refractivity contribution >= 4 is 34.9 Å². The molecule has 0 saturated heterocycles. The number of aromatic nitrogens is 3. The van der Waals surface area contributed by atoms with Crippen LogP contribution in [0.3, 0.4) is 0 Å². The topological polar surface area (TPSA) is 59.3 Å². The molecule has 108 valence electrons. The molecule has 0 saturated carbocycles. The second-order valence-corrected chi connectivity index (χ2v) is 5.06. The first-order valence-electron chi connectivity index (χ1n) is 5.28. The molecule has 10 heteroatoms. The lowest BCUT2D eigenvalue weighted by Gasteiger charge is -2.08. The molecule has 0 atom stereocenters. The molecule has 0 unspecified atom stereocenters. The highest BCUT2D eigenvalue weighted by molar-refractivity contribution is 7.99. The van der Waals surface area contributed by atoms with Gasteiger partial charge in [-0.05, 0) is 6.07 Å². The zero-order chi connectivity index (χ0) is 14.9. The van der Waals surface area contributed by atoms with Gasteiger partial charge in [-0.15, -0.1) is 10.2 Å². The van der Waals surface area contributed by atoms with Crippen LogP contribution in [0, 0.1) is 0 Å². The van der Waals surface area contributed by atoms with Crippen molar-refractivity contribution in [1.29, 1.82) is 0 Å². The molecule has 2 heterocycles. The Morgan fingerprint density at radius 2 is 2.20 bits per heavy atom. The molecule has 1 amide bonds. The van der Waals surface area contributed by atoms with Gasteiger partial charge in [-0.2, -0.15) is 13.2 Å². The van der Waals surface area contributed by atoms with Crippen molar-refractivity contribution in [2.45, 2.75) is 11.3 Å². The third-order valence-electron chi connectivity index (χ3n) is 2.37. The maximum absolute atomic E-state index is 12.7. The summed E-state index contributed by atoms with van der Waals surface area (Å²) in [6.07, 6.45) is -3.67. The van der Waals surface area contributed by atoms with E-state index in [2.05, 4.69) is 15.5 Å². The van der Waals surface area contributed by atoms with E-state index in [9.17, 15) is 18.0 Å². The van der Waals surface area contributed by atoms with Crippen LogP contribution in [-0.4, -0.2) is 33.3 Å². The number of hydrogen-bond donors (Lipinski definition) is 1. The smallest absolute Gasteiger partial charge is 0.358 e. The van der Waals surface area contributed by atoms with Crippen LogP contribution in [0.2, 0.25) is 5.02 Å². The third-order valence-corrected chi connectivity index (χ3v) is 3.59. The monoisotopic (exact) mass is 324 g/mol. The van der Waals surface area contributed by atoms with E-state index in [0.717, 1.165) is 28.4 Å². The number of carbonyl (C=O) groups is 1. The first-order chi connectivity index (χ1) is 9.32. The summed E-state index contributed by atoms with van der Waals surface area (Å²) in [6, 6.07) is 0.790. The van der Waals surface area contributed by atoms with E-state index in [1.54, 1.807) is 0 Å². The second kappa shape index (κ2) is 5.49. The summed E-state index contributed by atoms with van der Waals surface area (Å²) in [6.45, 7) is 0. The summed E-state index contributed by atoms with van der Waals surface area (Å²) in [4.78, 5) is 11.1. The average Bonchev–Trinajstić information content (AvgIpc) is 2.78. The highest BCUT2D eigenvalue weighted by atomic mass is 35.5. The number of nitrogens with one attached hydrogen (secondary N) is 1. The summed E-state index contributed by atoms with van der Waals surface area (Å²) in [5, 5.41) is 9.85. The number of nitrogens with zero attached hydrogens (tertiary/aromatic N) is 3. The maximum Gasteiger partial charge on any atom is 0.417 e. The van der Waals surface area contributed by atoms with Gasteiger partial charge in [0.2, 0.25) is 5.91 Å².